The number of aromatic nitrogens is 2. The molecule has 8 nitrogen and oxygen atoms in total. The Labute approximate surface area is 149 Å². The van der Waals surface area contributed by atoms with E-state index in [9.17, 15) is 19.1 Å². The molecule has 1 aliphatic heterocycles. The van der Waals surface area contributed by atoms with Crippen molar-refractivity contribution in [3.05, 3.63) is 51.7 Å². The van der Waals surface area contributed by atoms with Crippen molar-refractivity contribution in [1.82, 2.24) is 14.7 Å². The summed E-state index contributed by atoms with van der Waals surface area (Å²) in [5.74, 6) is -0.987. The molecule has 1 aliphatic rings. The van der Waals surface area contributed by atoms with Gasteiger partial charge in [-0.3, -0.25) is 9.59 Å². The molecule has 26 heavy (non-hydrogen) atoms. The smallest absolute Gasteiger partial charge is 0.276 e. The van der Waals surface area contributed by atoms with Crippen molar-refractivity contribution in [3.8, 4) is 0 Å². The molecule has 0 saturated carbocycles. The molecular weight excluding hydrogens is 341 g/mol. The van der Waals surface area contributed by atoms with Crippen molar-refractivity contribution in [1.29, 1.82) is 0 Å². The average Bonchev–Trinajstić information content (AvgIpc) is 2.56. The maximum atomic E-state index is 14.1. The minimum atomic E-state index is -1.10. The lowest BCUT2D eigenvalue weighted by Crippen LogP contribution is -2.66. The predicted octanol–water partition coefficient (Wildman–Crippen LogP) is 0.117. The van der Waals surface area contributed by atoms with Gasteiger partial charge in [-0.1, -0.05) is 6.07 Å². The van der Waals surface area contributed by atoms with Gasteiger partial charge in [0.2, 0.25) is 0 Å². The average molecular weight is 361 g/mol. The molecule has 1 saturated heterocycles. The molecule has 2 aromatic rings. The van der Waals surface area contributed by atoms with Crippen LogP contribution in [0.3, 0.4) is 0 Å². The third kappa shape index (κ3) is 3.31. The Kier molecular flexibility index (Phi) is 4.51. The number of amides is 1. The summed E-state index contributed by atoms with van der Waals surface area (Å²) < 4.78 is 15.2. The number of nitrogens with two attached hydrogens (primary N) is 1. The molecule has 1 fully saturated rings. The first-order valence-electron chi connectivity index (χ1n) is 8.06. The van der Waals surface area contributed by atoms with E-state index in [0.29, 0.717) is 0 Å². The zero-order valence-corrected chi connectivity index (χ0v) is 14.5. The van der Waals surface area contributed by atoms with Gasteiger partial charge < -0.3 is 21.1 Å². The molecule has 0 aliphatic carbocycles. The number of benzene rings is 1. The quantitative estimate of drug-likeness (QED) is 0.713. The van der Waals surface area contributed by atoms with Crippen LogP contribution in [0.4, 0.5) is 15.8 Å². The number of carbonyl (C=O) groups excluding carboxylic acids is 1. The number of aryl methyl sites for hydroxylation is 2. The first-order chi connectivity index (χ1) is 12.2. The molecule has 3 rings (SSSR count). The van der Waals surface area contributed by atoms with E-state index in [1.807, 2.05) is 0 Å². The van der Waals surface area contributed by atoms with Gasteiger partial charge in [0, 0.05) is 19.7 Å². The van der Waals surface area contributed by atoms with E-state index in [0.717, 1.165) is 10.2 Å². The van der Waals surface area contributed by atoms with Crippen LogP contribution in [-0.2, 0) is 7.05 Å². The van der Waals surface area contributed by atoms with Crippen LogP contribution in [0.1, 0.15) is 16.1 Å². The third-order valence-corrected chi connectivity index (χ3v) is 4.33. The van der Waals surface area contributed by atoms with Gasteiger partial charge in [0.05, 0.1) is 24.5 Å². The van der Waals surface area contributed by atoms with Gasteiger partial charge in [0.25, 0.3) is 11.5 Å². The van der Waals surface area contributed by atoms with E-state index >= 15 is 0 Å². The molecule has 0 bridgehead atoms. The van der Waals surface area contributed by atoms with Crippen molar-refractivity contribution < 1.29 is 14.3 Å². The highest BCUT2D eigenvalue weighted by atomic mass is 19.1. The van der Waals surface area contributed by atoms with Crippen LogP contribution in [-0.4, -0.2) is 50.9 Å². The normalized spacial score (nSPS) is 15.5. The van der Waals surface area contributed by atoms with Gasteiger partial charge in [-0.15, -0.1) is 0 Å². The summed E-state index contributed by atoms with van der Waals surface area (Å²) in [6.07, 6.45) is 0. The summed E-state index contributed by atoms with van der Waals surface area (Å²) in [5, 5.41) is 16.8. The molecule has 0 radical (unpaired) electrons. The number of nitrogens with one attached hydrogen (secondary N) is 1. The number of hydrogen-bond acceptors (Lipinski definition) is 6. The molecule has 1 aromatic carbocycles. The Morgan fingerprint density at radius 3 is 2.69 bits per heavy atom. The van der Waals surface area contributed by atoms with Crippen molar-refractivity contribution in [2.75, 3.05) is 25.0 Å². The van der Waals surface area contributed by atoms with Gasteiger partial charge in [0.1, 0.15) is 11.4 Å². The first-order valence-corrected chi connectivity index (χ1v) is 8.06. The van der Waals surface area contributed by atoms with E-state index in [1.54, 1.807) is 13.0 Å². The van der Waals surface area contributed by atoms with Crippen molar-refractivity contribution in [3.63, 3.8) is 0 Å². The molecule has 0 spiro atoms. The minimum absolute atomic E-state index is 0.0360. The zero-order valence-electron chi connectivity index (χ0n) is 14.5. The molecule has 1 amide bonds. The van der Waals surface area contributed by atoms with E-state index in [-0.39, 0.29) is 36.7 Å². The number of likely N-dealkylation sites (tertiary alicyclic amines) is 1. The first kappa shape index (κ1) is 18.0. The number of β-amino-alcohol motifs (C(OH)–C–C–N with tert-alkyl or cyclic N) is 1. The Balaban J connectivity index is 1.94. The standard InChI is InChI=1S/C17H20FN5O3/c1-10-3-4-12(11(18)5-10)20-13-6-14(24)22(2)21-15(13)16(25)23-8-17(26,7-19)9-23/h3-6,20,26H,7-9,19H2,1-2H3. The number of nitrogens with zero attached hydrogens (tertiary/aromatic N) is 3. The molecular formula is C17H20FN5O3. The topological polar surface area (TPSA) is 113 Å². The van der Waals surface area contributed by atoms with Gasteiger partial charge >= 0.3 is 0 Å². The maximum absolute atomic E-state index is 14.1. The van der Waals surface area contributed by atoms with E-state index < -0.39 is 22.9 Å². The number of halogens is 1. The maximum Gasteiger partial charge on any atom is 0.276 e. The van der Waals surface area contributed by atoms with Crippen LogP contribution >= 0.6 is 0 Å². The highest BCUT2D eigenvalue weighted by Gasteiger charge is 2.43. The van der Waals surface area contributed by atoms with E-state index in [1.165, 1.54) is 30.1 Å². The monoisotopic (exact) mass is 361 g/mol. The summed E-state index contributed by atoms with van der Waals surface area (Å²) in [6, 6.07) is 5.76. The zero-order chi connectivity index (χ0) is 19.1. The predicted molar refractivity (Wildman–Crippen MR) is 93.8 cm³/mol. The third-order valence-electron chi connectivity index (χ3n) is 4.33. The highest BCUT2D eigenvalue weighted by molar-refractivity contribution is 5.98. The Morgan fingerprint density at radius 2 is 2.08 bits per heavy atom. The minimum Gasteiger partial charge on any atom is -0.385 e. The van der Waals surface area contributed by atoms with Gasteiger partial charge in [-0.05, 0) is 24.6 Å². The van der Waals surface area contributed by atoms with Crippen LogP contribution in [0.15, 0.2) is 29.1 Å². The van der Waals surface area contributed by atoms with E-state index in [4.69, 9.17) is 5.73 Å². The lowest BCUT2D eigenvalue weighted by atomic mass is 9.94. The number of rotatable bonds is 4. The molecule has 1 aromatic heterocycles. The van der Waals surface area contributed by atoms with Crippen molar-refractivity contribution >= 4 is 17.3 Å². The van der Waals surface area contributed by atoms with E-state index in [2.05, 4.69) is 10.4 Å². The lowest BCUT2D eigenvalue weighted by Gasteiger charge is -2.45. The second-order valence-electron chi connectivity index (χ2n) is 6.57. The van der Waals surface area contributed by atoms with Crippen LogP contribution < -0.4 is 16.6 Å². The Morgan fingerprint density at radius 1 is 1.38 bits per heavy atom. The molecule has 2 heterocycles. The van der Waals surface area contributed by atoms with Crippen LogP contribution in [0.25, 0.3) is 0 Å². The fraction of sp³-hybridized carbons (Fsp3) is 0.353. The summed E-state index contributed by atoms with van der Waals surface area (Å²) in [6.45, 7) is 1.94. The Hall–Kier alpha value is -2.78. The van der Waals surface area contributed by atoms with Crippen molar-refractivity contribution in [2.24, 2.45) is 12.8 Å². The fourth-order valence-corrected chi connectivity index (χ4v) is 2.74. The number of anilines is 2. The van der Waals surface area contributed by atoms with Crippen LogP contribution in [0.5, 0.6) is 0 Å². The van der Waals surface area contributed by atoms with Crippen LogP contribution in [0.2, 0.25) is 0 Å². The SMILES string of the molecule is Cc1ccc(Nc2cc(=O)n(C)nc2C(=O)N2CC(O)(CN)C2)c(F)c1. The molecule has 138 valence electrons. The second kappa shape index (κ2) is 6.50. The number of carbonyl (C=O) groups is 1. The molecule has 0 atom stereocenters. The Bertz CT molecular complexity index is 921. The summed E-state index contributed by atoms with van der Waals surface area (Å²) >= 11 is 0. The summed E-state index contributed by atoms with van der Waals surface area (Å²) in [5.41, 5.74) is 4.86. The molecule has 9 heteroatoms. The fourth-order valence-electron chi connectivity index (χ4n) is 2.74. The van der Waals surface area contributed by atoms with Crippen LogP contribution in [0, 0.1) is 12.7 Å². The number of hydrogen-bond donors (Lipinski definition) is 3. The highest BCUT2D eigenvalue weighted by Crippen LogP contribution is 2.26. The molecule has 0 unspecified atom stereocenters. The van der Waals surface area contributed by atoms with Gasteiger partial charge in [-0.25, -0.2) is 9.07 Å². The largest absolute Gasteiger partial charge is 0.385 e. The summed E-state index contributed by atoms with van der Waals surface area (Å²) in [7, 11) is 1.42. The number of aliphatic hydroxyl groups is 1. The van der Waals surface area contributed by atoms with Gasteiger partial charge in [-0.2, -0.15) is 5.10 Å². The lowest BCUT2D eigenvalue weighted by molar-refractivity contribution is -0.0736. The summed E-state index contributed by atoms with van der Waals surface area (Å²) in [4.78, 5) is 26.0. The molecule has 4 N–H and O–H groups in total. The van der Waals surface area contributed by atoms with Gasteiger partial charge in [0.15, 0.2) is 5.69 Å². The second-order valence-corrected chi connectivity index (χ2v) is 6.57. The van der Waals surface area contributed by atoms with Crippen molar-refractivity contribution in [2.45, 2.75) is 12.5 Å².